The van der Waals surface area contributed by atoms with E-state index in [4.69, 9.17) is 4.74 Å². The van der Waals surface area contributed by atoms with Gasteiger partial charge < -0.3 is 10.1 Å². The lowest BCUT2D eigenvalue weighted by Gasteiger charge is -2.20. The molecule has 0 saturated carbocycles. The van der Waals surface area contributed by atoms with Crippen LogP contribution in [0.3, 0.4) is 0 Å². The molecule has 0 atom stereocenters. The molecule has 140 valence electrons. The number of anilines is 1. The van der Waals surface area contributed by atoms with Crippen LogP contribution in [0, 0.1) is 5.82 Å². The van der Waals surface area contributed by atoms with E-state index in [9.17, 15) is 17.6 Å². The number of amides is 1. The van der Waals surface area contributed by atoms with Gasteiger partial charge in [0.25, 0.3) is 0 Å². The monoisotopic (exact) mass is 380 g/mol. The van der Waals surface area contributed by atoms with Gasteiger partial charge in [0.15, 0.2) is 0 Å². The van der Waals surface area contributed by atoms with Crippen molar-refractivity contribution in [3.8, 4) is 5.75 Å². The molecule has 0 saturated heterocycles. The van der Waals surface area contributed by atoms with Gasteiger partial charge in [-0.25, -0.2) is 12.8 Å². The zero-order chi connectivity index (χ0) is 19.2. The smallest absolute Gasteiger partial charge is 0.239 e. The summed E-state index contributed by atoms with van der Waals surface area (Å²) < 4.78 is 44.0. The van der Waals surface area contributed by atoms with Crippen LogP contribution in [0.4, 0.5) is 10.1 Å². The lowest BCUT2D eigenvalue weighted by atomic mass is 10.2. The first kappa shape index (κ1) is 19.9. The van der Waals surface area contributed by atoms with E-state index >= 15 is 0 Å². The molecule has 0 radical (unpaired) electrons. The average Bonchev–Trinajstić information content (AvgIpc) is 2.56. The minimum atomic E-state index is -3.70. The highest BCUT2D eigenvalue weighted by Crippen LogP contribution is 2.18. The number of sulfonamides is 1. The third kappa shape index (κ3) is 5.82. The van der Waals surface area contributed by atoms with E-state index in [0.29, 0.717) is 18.0 Å². The number of halogens is 1. The Morgan fingerprint density at radius 2 is 1.92 bits per heavy atom. The molecular formula is C18H21FN2O4S. The quantitative estimate of drug-likeness (QED) is 0.764. The van der Waals surface area contributed by atoms with E-state index < -0.39 is 28.3 Å². The second kappa shape index (κ2) is 8.77. The molecular weight excluding hydrogens is 359 g/mol. The second-order valence-corrected chi connectivity index (χ2v) is 7.61. The maximum Gasteiger partial charge on any atom is 0.239 e. The molecule has 0 aromatic heterocycles. The standard InChI is InChI=1S/C18H21FN2O4S/c1-3-25-16-9-6-8-15(11-16)20-18(22)13-21(26(2,23)24)12-14-7-4-5-10-17(14)19/h4-11H,3,12-13H2,1-2H3,(H,20,22). The minimum Gasteiger partial charge on any atom is -0.494 e. The molecule has 2 rings (SSSR count). The normalized spacial score (nSPS) is 11.4. The second-order valence-electron chi connectivity index (χ2n) is 5.63. The van der Waals surface area contributed by atoms with Crippen LogP contribution in [-0.4, -0.2) is 38.0 Å². The first-order chi connectivity index (χ1) is 12.3. The lowest BCUT2D eigenvalue weighted by molar-refractivity contribution is -0.116. The van der Waals surface area contributed by atoms with E-state index in [2.05, 4.69) is 5.32 Å². The van der Waals surface area contributed by atoms with Gasteiger partial charge in [-0.15, -0.1) is 0 Å². The fourth-order valence-corrected chi connectivity index (χ4v) is 3.02. The molecule has 0 spiro atoms. The third-order valence-corrected chi connectivity index (χ3v) is 4.72. The number of hydrogen-bond acceptors (Lipinski definition) is 4. The first-order valence-corrected chi connectivity index (χ1v) is 9.85. The molecule has 0 unspecified atom stereocenters. The van der Waals surface area contributed by atoms with Gasteiger partial charge in [0.05, 0.1) is 19.4 Å². The molecule has 0 aliphatic carbocycles. The summed E-state index contributed by atoms with van der Waals surface area (Å²) in [5.74, 6) is -0.456. The van der Waals surface area contributed by atoms with Gasteiger partial charge in [0.2, 0.25) is 15.9 Å². The number of carbonyl (C=O) groups excluding carboxylic acids is 1. The Hall–Kier alpha value is -2.45. The highest BCUT2D eigenvalue weighted by atomic mass is 32.2. The zero-order valence-electron chi connectivity index (χ0n) is 14.6. The fraction of sp³-hybridized carbons (Fsp3) is 0.278. The van der Waals surface area contributed by atoms with Crippen LogP contribution >= 0.6 is 0 Å². The predicted molar refractivity (Wildman–Crippen MR) is 97.9 cm³/mol. The van der Waals surface area contributed by atoms with Gasteiger partial charge in [-0.3, -0.25) is 4.79 Å². The first-order valence-electron chi connectivity index (χ1n) is 8.01. The number of benzene rings is 2. The highest BCUT2D eigenvalue weighted by Gasteiger charge is 2.22. The van der Waals surface area contributed by atoms with Crippen molar-refractivity contribution < 1.29 is 22.3 Å². The van der Waals surface area contributed by atoms with Crippen LogP contribution in [0.5, 0.6) is 5.75 Å². The summed E-state index contributed by atoms with van der Waals surface area (Å²) in [7, 11) is -3.70. The molecule has 2 aromatic carbocycles. The summed E-state index contributed by atoms with van der Waals surface area (Å²) in [5, 5.41) is 2.62. The highest BCUT2D eigenvalue weighted by molar-refractivity contribution is 7.88. The molecule has 1 amide bonds. The number of nitrogens with zero attached hydrogens (tertiary/aromatic N) is 1. The molecule has 8 heteroatoms. The van der Waals surface area contributed by atoms with Crippen molar-refractivity contribution in [1.82, 2.24) is 4.31 Å². The Labute approximate surface area is 152 Å². The molecule has 6 nitrogen and oxygen atoms in total. The number of rotatable bonds is 8. The number of nitrogens with one attached hydrogen (secondary N) is 1. The third-order valence-electron chi connectivity index (χ3n) is 3.52. The van der Waals surface area contributed by atoms with E-state index in [1.54, 1.807) is 30.3 Å². The molecule has 0 fully saturated rings. The predicted octanol–water partition coefficient (Wildman–Crippen LogP) is 2.62. The molecule has 0 heterocycles. The Morgan fingerprint density at radius 1 is 1.19 bits per heavy atom. The lowest BCUT2D eigenvalue weighted by Crippen LogP contribution is -2.37. The van der Waals surface area contributed by atoms with E-state index in [1.807, 2.05) is 6.92 Å². The van der Waals surface area contributed by atoms with Gasteiger partial charge in [-0.1, -0.05) is 24.3 Å². The maximum atomic E-state index is 13.8. The van der Waals surface area contributed by atoms with Crippen LogP contribution in [0.2, 0.25) is 0 Å². The maximum absolute atomic E-state index is 13.8. The average molecular weight is 380 g/mol. The largest absolute Gasteiger partial charge is 0.494 e. The van der Waals surface area contributed by atoms with Crippen molar-refractivity contribution in [1.29, 1.82) is 0 Å². The zero-order valence-corrected chi connectivity index (χ0v) is 15.4. The van der Waals surface area contributed by atoms with Crippen molar-refractivity contribution in [2.24, 2.45) is 0 Å². The van der Waals surface area contributed by atoms with Crippen LogP contribution in [0.1, 0.15) is 12.5 Å². The number of ether oxygens (including phenoxy) is 1. The molecule has 26 heavy (non-hydrogen) atoms. The summed E-state index contributed by atoms with van der Waals surface area (Å²) in [6.45, 7) is 1.68. The van der Waals surface area contributed by atoms with Crippen molar-refractivity contribution >= 4 is 21.6 Å². The molecule has 1 N–H and O–H groups in total. The van der Waals surface area contributed by atoms with Crippen molar-refractivity contribution in [2.75, 3.05) is 24.7 Å². The van der Waals surface area contributed by atoms with E-state index in [-0.39, 0.29) is 12.1 Å². The molecule has 2 aromatic rings. The van der Waals surface area contributed by atoms with Crippen molar-refractivity contribution in [2.45, 2.75) is 13.5 Å². The van der Waals surface area contributed by atoms with Crippen LogP contribution < -0.4 is 10.1 Å². The fourth-order valence-electron chi connectivity index (χ4n) is 2.30. The Bertz CT molecular complexity index is 871. The van der Waals surface area contributed by atoms with Gasteiger partial charge in [-0.2, -0.15) is 4.31 Å². The van der Waals surface area contributed by atoms with Gasteiger partial charge in [0, 0.05) is 23.9 Å². The summed E-state index contributed by atoms with van der Waals surface area (Å²) in [4.78, 5) is 12.3. The van der Waals surface area contributed by atoms with Crippen molar-refractivity contribution in [3.05, 3.63) is 59.9 Å². The number of hydrogen-bond donors (Lipinski definition) is 1. The van der Waals surface area contributed by atoms with Crippen LogP contribution in [-0.2, 0) is 21.4 Å². The van der Waals surface area contributed by atoms with E-state index in [1.165, 1.54) is 18.2 Å². The van der Waals surface area contributed by atoms with Gasteiger partial charge in [-0.05, 0) is 25.1 Å². The Morgan fingerprint density at radius 3 is 2.58 bits per heavy atom. The Balaban J connectivity index is 2.10. The summed E-state index contributed by atoms with van der Waals surface area (Å²) in [6, 6.07) is 12.6. The number of carbonyl (C=O) groups is 1. The Kier molecular flexibility index (Phi) is 6.70. The molecule has 0 aliphatic heterocycles. The minimum absolute atomic E-state index is 0.198. The summed E-state index contributed by atoms with van der Waals surface area (Å²) >= 11 is 0. The summed E-state index contributed by atoms with van der Waals surface area (Å²) in [6.07, 6.45) is 0.983. The van der Waals surface area contributed by atoms with Crippen LogP contribution in [0.15, 0.2) is 48.5 Å². The SMILES string of the molecule is CCOc1cccc(NC(=O)CN(Cc2ccccc2F)S(C)(=O)=O)c1. The van der Waals surface area contributed by atoms with Crippen LogP contribution in [0.25, 0.3) is 0 Å². The summed E-state index contributed by atoms with van der Waals surface area (Å²) in [5.41, 5.74) is 0.685. The molecule has 0 bridgehead atoms. The van der Waals surface area contributed by atoms with E-state index in [0.717, 1.165) is 10.6 Å². The van der Waals surface area contributed by atoms with Gasteiger partial charge in [0.1, 0.15) is 11.6 Å². The molecule has 0 aliphatic rings. The van der Waals surface area contributed by atoms with Crippen molar-refractivity contribution in [3.63, 3.8) is 0 Å². The van der Waals surface area contributed by atoms with Gasteiger partial charge >= 0.3 is 0 Å². The topological polar surface area (TPSA) is 75.7 Å².